The lowest BCUT2D eigenvalue weighted by molar-refractivity contribution is -0.143. The summed E-state index contributed by atoms with van der Waals surface area (Å²) in [5.41, 5.74) is 0.948. The number of sulfone groups is 1. The van der Waals surface area contributed by atoms with E-state index in [0.717, 1.165) is 11.3 Å². The van der Waals surface area contributed by atoms with Gasteiger partial charge in [0.25, 0.3) is 0 Å². The first-order chi connectivity index (χ1) is 12.5. The number of rotatable bonds is 7. The molecule has 3 rings (SSSR count). The van der Waals surface area contributed by atoms with Gasteiger partial charge in [0.05, 0.1) is 25.2 Å². The zero-order valence-electron chi connectivity index (χ0n) is 14.3. The number of benzene rings is 2. The predicted molar refractivity (Wildman–Crippen MR) is 94.6 cm³/mol. The van der Waals surface area contributed by atoms with Gasteiger partial charge in [-0.2, -0.15) is 0 Å². The van der Waals surface area contributed by atoms with Crippen LogP contribution in [-0.2, 0) is 30.7 Å². The Labute approximate surface area is 152 Å². The molecule has 6 nitrogen and oxygen atoms in total. The first kappa shape index (κ1) is 18.4. The number of hydrogen-bond donors (Lipinski definition) is 0. The van der Waals surface area contributed by atoms with Crippen LogP contribution in [0, 0.1) is 0 Å². The zero-order valence-corrected chi connectivity index (χ0v) is 15.1. The molecule has 1 unspecified atom stereocenters. The quantitative estimate of drug-likeness (QED) is 0.691. The Balaban J connectivity index is 1.56. The molecule has 1 saturated heterocycles. The maximum absolute atomic E-state index is 12.6. The number of methoxy groups -OCH3 is 1. The highest BCUT2D eigenvalue weighted by molar-refractivity contribution is 7.92. The molecule has 1 aliphatic heterocycles. The van der Waals surface area contributed by atoms with Crippen molar-refractivity contribution in [3.8, 4) is 5.75 Å². The van der Waals surface area contributed by atoms with Crippen LogP contribution >= 0.6 is 0 Å². The Bertz CT molecular complexity index is 845. The molecule has 0 saturated carbocycles. The molecule has 0 N–H and O–H groups in total. The molecule has 7 heteroatoms. The van der Waals surface area contributed by atoms with Crippen LogP contribution in [-0.4, -0.2) is 39.5 Å². The largest absolute Gasteiger partial charge is 0.497 e. The number of esters is 1. The van der Waals surface area contributed by atoms with Crippen LogP contribution in [0.1, 0.15) is 12.0 Å². The fourth-order valence-electron chi connectivity index (χ4n) is 2.78. The van der Waals surface area contributed by atoms with E-state index in [1.165, 1.54) is 12.1 Å². The third kappa shape index (κ3) is 4.05. The Morgan fingerprint density at radius 2 is 1.77 bits per heavy atom. The highest BCUT2D eigenvalue weighted by Crippen LogP contribution is 2.27. The van der Waals surface area contributed by atoms with Gasteiger partial charge in [-0.05, 0) is 29.8 Å². The van der Waals surface area contributed by atoms with Crippen LogP contribution in [0.3, 0.4) is 0 Å². The summed E-state index contributed by atoms with van der Waals surface area (Å²) < 4.78 is 41.0. The second kappa shape index (κ2) is 7.88. The van der Waals surface area contributed by atoms with Crippen LogP contribution in [0.5, 0.6) is 5.75 Å². The number of ether oxygens (including phenoxy) is 3. The molecule has 0 radical (unpaired) electrons. The fourth-order valence-corrected chi connectivity index (χ4v) is 4.43. The molecule has 0 bridgehead atoms. The van der Waals surface area contributed by atoms with Crippen LogP contribution in [0.25, 0.3) is 0 Å². The number of carbonyl (C=O) groups is 1. The van der Waals surface area contributed by atoms with E-state index in [1.54, 1.807) is 25.3 Å². The second-order valence-electron chi connectivity index (χ2n) is 6.00. The molecule has 26 heavy (non-hydrogen) atoms. The number of hydrogen-bond acceptors (Lipinski definition) is 6. The van der Waals surface area contributed by atoms with E-state index in [-0.39, 0.29) is 17.9 Å². The van der Waals surface area contributed by atoms with E-state index in [0.29, 0.717) is 6.61 Å². The Kier molecular flexibility index (Phi) is 5.58. The minimum atomic E-state index is -3.75. The van der Waals surface area contributed by atoms with Crippen molar-refractivity contribution in [2.75, 3.05) is 13.7 Å². The van der Waals surface area contributed by atoms with E-state index >= 15 is 0 Å². The topological polar surface area (TPSA) is 78.9 Å². The van der Waals surface area contributed by atoms with Gasteiger partial charge in [-0.15, -0.1) is 0 Å². The van der Waals surface area contributed by atoms with Crippen molar-refractivity contribution in [2.24, 2.45) is 0 Å². The Hall–Kier alpha value is -2.38. The summed E-state index contributed by atoms with van der Waals surface area (Å²) in [7, 11) is -2.15. The molecule has 0 aromatic heterocycles. The first-order valence-corrected chi connectivity index (χ1v) is 9.75. The third-order valence-corrected chi connectivity index (χ3v) is 6.26. The van der Waals surface area contributed by atoms with Gasteiger partial charge in [-0.1, -0.05) is 30.3 Å². The van der Waals surface area contributed by atoms with Crippen molar-refractivity contribution in [3.05, 3.63) is 60.2 Å². The summed E-state index contributed by atoms with van der Waals surface area (Å²) in [6, 6.07) is 15.4. The maximum atomic E-state index is 12.6. The smallest absolute Gasteiger partial charge is 0.325 e. The van der Waals surface area contributed by atoms with E-state index in [9.17, 15) is 13.2 Å². The van der Waals surface area contributed by atoms with Gasteiger partial charge >= 0.3 is 5.97 Å². The lowest BCUT2D eigenvalue weighted by Gasteiger charge is -2.10. The van der Waals surface area contributed by atoms with Gasteiger partial charge in [0, 0.05) is 6.42 Å². The number of cyclic esters (lactones) is 1. The highest BCUT2D eigenvalue weighted by atomic mass is 32.2. The summed E-state index contributed by atoms with van der Waals surface area (Å²) >= 11 is 0. The highest BCUT2D eigenvalue weighted by Gasteiger charge is 2.44. The van der Waals surface area contributed by atoms with E-state index in [1.807, 2.05) is 24.3 Å². The fraction of sp³-hybridized carbons (Fsp3) is 0.316. The lowest BCUT2D eigenvalue weighted by Crippen LogP contribution is -2.26. The molecule has 1 aliphatic rings. The van der Waals surface area contributed by atoms with Gasteiger partial charge in [0.1, 0.15) is 11.9 Å². The van der Waals surface area contributed by atoms with Gasteiger partial charge < -0.3 is 14.2 Å². The molecule has 0 aliphatic carbocycles. The maximum Gasteiger partial charge on any atom is 0.325 e. The summed E-state index contributed by atoms with van der Waals surface area (Å²) in [4.78, 5) is 12.2. The molecular formula is C19H20O6S. The van der Waals surface area contributed by atoms with Crippen molar-refractivity contribution in [1.82, 2.24) is 0 Å². The average molecular weight is 376 g/mol. The van der Waals surface area contributed by atoms with E-state index in [4.69, 9.17) is 14.2 Å². The third-order valence-electron chi connectivity index (χ3n) is 4.20. The lowest BCUT2D eigenvalue weighted by atomic mass is 10.2. The molecule has 1 fully saturated rings. The molecular weight excluding hydrogens is 356 g/mol. The van der Waals surface area contributed by atoms with Crippen LogP contribution in [0.15, 0.2) is 59.5 Å². The van der Waals surface area contributed by atoms with Crippen molar-refractivity contribution < 1.29 is 27.4 Å². The molecule has 2 aromatic carbocycles. The van der Waals surface area contributed by atoms with Crippen molar-refractivity contribution in [1.29, 1.82) is 0 Å². The predicted octanol–water partition coefficient (Wildman–Crippen LogP) is 2.37. The van der Waals surface area contributed by atoms with Crippen molar-refractivity contribution >= 4 is 15.8 Å². The monoisotopic (exact) mass is 376 g/mol. The average Bonchev–Trinajstić information content (AvgIpc) is 3.04. The van der Waals surface area contributed by atoms with E-state index < -0.39 is 27.2 Å². The Morgan fingerprint density at radius 1 is 1.08 bits per heavy atom. The minimum Gasteiger partial charge on any atom is -0.497 e. The van der Waals surface area contributed by atoms with Gasteiger partial charge in [-0.3, -0.25) is 4.79 Å². The Morgan fingerprint density at radius 3 is 2.42 bits per heavy atom. The van der Waals surface area contributed by atoms with Crippen molar-refractivity contribution in [3.63, 3.8) is 0 Å². The SMILES string of the molecule is COc1ccc(COC[C@@H]2CC(S(=O)(=O)c3ccccc3)C(=O)O2)cc1. The molecule has 2 aromatic rings. The summed E-state index contributed by atoms with van der Waals surface area (Å²) in [6.45, 7) is 0.493. The standard InChI is InChI=1S/C19H20O6S/c1-23-15-9-7-14(8-10-15)12-24-13-16-11-18(19(20)25-16)26(21,22)17-5-3-2-4-6-17/h2-10,16,18H,11-13H2,1H3/t16-,18?/m0/s1. The van der Waals surface area contributed by atoms with Crippen molar-refractivity contribution in [2.45, 2.75) is 29.3 Å². The van der Waals surface area contributed by atoms with Gasteiger partial charge in [0.15, 0.2) is 15.1 Å². The zero-order chi connectivity index (χ0) is 18.6. The van der Waals surface area contributed by atoms with Crippen LogP contribution < -0.4 is 4.74 Å². The second-order valence-corrected chi connectivity index (χ2v) is 8.13. The number of carbonyl (C=O) groups excluding carboxylic acids is 1. The molecule has 0 amide bonds. The normalized spacial score (nSPS) is 20.0. The van der Waals surface area contributed by atoms with Crippen LogP contribution in [0.2, 0.25) is 0 Å². The minimum absolute atomic E-state index is 0.0959. The van der Waals surface area contributed by atoms with Gasteiger partial charge in [0.2, 0.25) is 0 Å². The summed E-state index contributed by atoms with van der Waals surface area (Å²) in [5.74, 6) is 0.0410. The summed E-state index contributed by atoms with van der Waals surface area (Å²) in [5, 5.41) is -1.18. The summed E-state index contributed by atoms with van der Waals surface area (Å²) in [6.07, 6.45) is -0.470. The van der Waals surface area contributed by atoms with Crippen LogP contribution in [0.4, 0.5) is 0 Å². The van der Waals surface area contributed by atoms with E-state index in [2.05, 4.69) is 0 Å². The van der Waals surface area contributed by atoms with Gasteiger partial charge in [-0.25, -0.2) is 8.42 Å². The molecule has 138 valence electrons. The molecule has 1 heterocycles. The first-order valence-electron chi connectivity index (χ1n) is 8.21. The molecule has 0 spiro atoms. The molecule has 2 atom stereocenters.